The van der Waals surface area contributed by atoms with Gasteiger partial charge in [0.1, 0.15) is 18.6 Å². The number of carbonyl (C=O) groups excluding carboxylic acids is 4. The van der Waals surface area contributed by atoms with Gasteiger partial charge in [0.15, 0.2) is 0 Å². The molecule has 0 spiro atoms. The fraction of sp³-hybridized carbons (Fsp3) is 0.733. The standard InChI is InChI=1S/C15H28N4O6S/c1-8(2)24-12(20)6-17-13(21)11(7-26)19-15(23)18-5-10(16)14(22)25-9(3)4/h8-11,26H,5-7,16H2,1-4H3,(H,17,21)(H2,18,19,23)/t10-,11-/m0/s1. The number of rotatable bonds is 10. The van der Waals surface area contributed by atoms with Gasteiger partial charge in [-0.15, -0.1) is 0 Å². The number of amides is 3. The van der Waals surface area contributed by atoms with Gasteiger partial charge in [0.25, 0.3) is 0 Å². The average molecular weight is 392 g/mol. The first-order valence-corrected chi connectivity index (χ1v) is 8.78. The van der Waals surface area contributed by atoms with Crippen molar-refractivity contribution >= 4 is 36.5 Å². The Kier molecular flexibility index (Phi) is 11.4. The van der Waals surface area contributed by atoms with E-state index >= 15 is 0 Å². The van der Waals surface area contributed by atoms with Crippen LogP contribution in [0.3, 0.4) is 0 Å². The Balaban J connectivity index is 4.31. The summed E-state index contributed by atoms with van der Waals surface area (Å²) in [7, 11) is 0. The topological polar surface area (TPSA) is 149 Å². The van der Waals surface area contributed by atoms with Crippen molar-refractivity contribution in [2.45, 2.75) is 52.0 Å². The molecule has 0 saturated carbocycles. The average Bonchev–Trinajstić information content (AvgIpc) is 2.53. The third-order valence-electron chi connectivity index (χ3n) is 2.72. The number of carbonyl (C=O) groups is 4. The van der Waals surface area contributed by atoms with E-state index in [1.54, 1.807) is 27.7 Å². The minimum absolute atomic E-state index is 0.0000732. The first kappa shape index (κ1) is 24.0. The predicted octanol–water partition coefficient (Wildman–Crippen LogP) is -1.07. The molecule has 0 aromatic carbocycles. The smallest absolute Gasteiger partial charge is 0.325 e. The van der Waals surface area contributed by atoms with Crippen LogP contribution in [0.1, 0.15) is 27.7 Å². The predicted molar refractivity (Wildman–Crippen MR) is 97.6 cm³/mol. The van der Waals surface area contributed by atoms with Gasteiger partial charge in [0, 0.05) is 12.3 Å². The maximum Gasteiger partial charge on any atom is 0.325 e. The van der Waals surface area contributed by atoms with Gasteiger partial charge in [-0.05, 0) is 27.7 Å². The SMILES string of the molecule is CC(C)OC(=O)CNC(=O)[C@H](CS)NC(=O)NC[C@H](N)C(=O)OC(C)C. The summed E-state index contributed by atoms with van der Waals surface area (Å²) < 4.78 is 9.79. The minimum atomic E-state index is -1.03. The van der Waals surface area contributed by atoms with Crippen molar-refractivity contribution in [3.63, 3.8) is 0 Å². The molecule has 11 heteroatoms. The summed E-state index contributed by atoms with van der Waals surface area (Å²) >= 11 is 3.99. The Labute approximate surface area is 158 Å². The second-order valence-corrected chi connectivity index (χ2v) is 6.30. The molecule has 0 heterocycles. The van der Waals surface area contributed by atoms with Gasteiger partial charge >= 0.3 is 18.0 Å². The molecule has 2 atom stereocenters. The molecule has 0 aliphatic rings. The summed E-state index contributed by atoms with van der Waals surface area (Å²) in [6.45, 7) is 6.23. The van der Waals surface area contributed by atoms with Crippen LogP contribution in [0.25, 0.3) is 0 Å². The maximum atomic E-state index is 12.0. The Hall–Kier alpha value is -2.01. The van der Waals surface area contributed by atoms with Crippen LogP contribution in [0.5, 0.6) is 0 Å². The number of thiol groups is 1. The minimum Gasteiger partial charge on any atom is -0.462 e. The Morgan fingerprint density at radius 1 is 1.00 bits per heavy atom. The molecule has 0 aliphatic carbocycles. The van der Waals surface area contributed by atoms with Gasteiger partial charge in [0.05, 0.1) is 12.2 Å². The molecule has 0 aromatic heterocycles. The monoisotopic (exact) mass is 392 g/mol. The molecule has 0 aromatic rings. The summed E-state index contributed by atoms with van der Waals surface area (Å²) in [5.41, 5.74) is 5.59. The van der Waals surface area contributed by atoms with Crippen LogP contribution in [0.15, 0.2) is 0 Å². The van der Waals surface area contributed by atoms with Gasteiger partial charge in [-0.1, -0.05) is 0 Å². The summed E-state index contributed by atoms with van der Waals surface area (Å²) in [5, 5.41) is 7.08. The number of nitrogens with two attached hydrogens (primary N) is 1. The largest absolute Gasteiger partial charge is 0.462 e. The van der Waals surface area contributed by atoms with Crippen molar-refractivity contribution in [1.29, 1.82) is 0 Å². The van der Waals surface area contributed by atoms with Crippen molar-refractivity contribution in [3.8, 4) is 0 Å². The number of ether oxygens (including phenoxy) is 2. The highest BCUT2D eigenvalue weighted by molar-refractivity contribution is 7.80. The normalized spacial score (nSPS) is 12.9. The van der Waals surface area contributed by atoms with Crippen LogP contribution >= 0.6 is 12.6 Å². The molecule has 0 aliphatic heterocycles. The molecule has 150 valence electrons. The molecule has 3 amide bonds. The van der Waals surface area contributed by atoms with Gasteiger partial charge < -0.3 is 31.2 Å². The number of hydrogen-bond acceptors (Lipinski definition) is 8. The Morgan fingerprint density at radius 2 is 1.58 bits per heavy atom. The highest BCUT2D eigenvalue weighted by Gasteiger charge is 2.22. The lowest BCUT2D eigenvalue weighted by Gasteiger charge is -2.18. The van der Waals surface area contributed by atoms with E-state index in [-0.39, 0.29) is 31.1 Å². The van der Waals surface area contributed by atoms with E-state index in [0.29, 0.717) is 0 Å². The quantitative estimate of drug-likeness (QED) is 0.235. The van der Waals surface area contributed by atoms with Gasteiger partial charge in [-0.2, -0.15) is 12.6 Å². The van der Waals surface area contributed by atoms with E-state index in [1.165, 1.54) is 0 Å². The molecule has 0 unspecified atom stereocenters. The first-order valence-electron chi connectivity index (χ1n) is 8.15. The lowest BCUT2D eigenvalue weighted by molar-refractivity contribution is -0.149. The number of esters is 2. The zero-order valence-electron chi connectivity index (χ0n) is 15.4. The summed E-state index contributed by atoms with van der Waals surface area (Å²) in [5.74, 6) is -1.84. The maximum absolute atomic E-state index is 12.0. The molecule has 0 fully saturated rings. The highest BCUT2D eigenvalue weighted by atomic mass is 32.1. The third-order valence-corrected chi connectivity index (χ3v) is 3.08. The van der Waals surface area contributed by atoms with E-state index in [1.807, 2.05) is 0 Å². The second-order valence-electron chi connectivity index (χ2n) is 5.94. The third kappa shape index (κ3) is 10.8. The Morgan fingerprint density at radius 3 is 2.08 bits per heavy atom. The molecule has 0 rings (SSSR count). The van der Waals surface area contributed by atoms with Crippen molar-refractivity contribution < 1.29 is 28.7 Å². The summed E-state index contributed by atoms with van der Waals surface area (Å²) in [6, 6.07) is -2.72. The van der Waals surface area contributed by atoms with Crippen LogP contribution in [0.4, 0.5) is 4.79 Å². The van der Waals surface area contributed by atoms with E-state index in [9.17, 15) is 19.2 Å². The van der Waals surface area contributed by atoms with E-state index in [0.717, 1.165) is 0 Å². The lowest BCUT2D eigenvalue weighted by atomic mass is 10.3. The van der Waals surface area contributed by atoms with E-state index in [2.05, 4.69) is 28.6 Å². The van der Waals surface area contributed by atoms with Gasteiger partial charge in [0.2, 0.25) is 5.91 Å². The molecule has 0 radical (unpaired) electrons. The van der Waals surface area contributed by atoms with Crippen LogP contribution in [-0.2, 0) is 23.9 Å². The highest BCUT2D eigenvalue weighted by Crippen LogP contribution is 1.93. The Bertz CT molecular complexity index is 501. The second kappa shape index (κ2) is 12.4. The zero-order valence-corrected chi connectivity index (χ0v) is 16.3. The van der Waals surface area contributed by atoms with Crippen LogP contribution < -0.4 is 21.7 Å². The molecule has 26 heavy (non-hydrogen) atoms. The molecule has 5 N–H and O–H groups in total. The first-order chi connectivity index (χ1) is 12.1. The van der Waals surface area contributed by atoms with Crippen LogP contribution in [-0.4, -0.2) is 67.0 Å². The van der Waals surface area contributed by atoms with Crippen molar-refractivity contribution in [1.82, 2.24) is 16.0 Å². The van der Waals surface area contributed by atoms with Crippen molar-refractivity contribution in [2.75, 3.05) is 18.8 Å². The van der Waals surface area contributed by atoms with Gasteiger partial charge in [-0.3, -0.25) is 14.4 Å². The number of nitrogens with one attached hydrogen (secondary N) is 3. The molecular formula is C15H28N4O6S. The van der Waals surface area contributed by atoms with E-state index < -0.39 is 36.0 Å². The zero-order chi connectivity index (χ0) is 20.3. The molecule has 0 bridgehead atoms. The van der Waals surface area contributed by atoms with Crippen molar-refractivity contribution in [3.05, 3.63) is 0 Å². The lowest BCUT2D eigenvalue weighted by Crippen LogP contribution is -2.54. The van der Waals surface area contributed by atoms with Crippen LogP contribution in [0, 0.1) is 0 Å². The number of hydrogen-bond donors (Lipinski definition) is 5. The molecule has 10 nitrogen and oxygen atoms in total. The summed E-state index contributed by atoms with van der Waals surface area (Å²) in [4.78, 5) is 46.7. The fourth-order valence-corrected chi connectivity index (χ4v) is 1.85. The van der Waals surface area contributed by atoms with E-state index in [4.69, 9.17) is 15.2 Å². The van der Waals surface area contributed by atoms with Crippen molar-refractivity contribution in [2.24, 2.45) is 5.73 Å². The van der Waals surface area contributed by atoms with Crippen LogP contribution in [0.2, 0.25) is 0 Å². The molecule has 0 saturated heterocycles. The molecular weight excluding hydrogens is 364 g/mol. The van der Waals surface area contributed by atoms with Gasteiger partial charge in [-0.25, -0.2) is 4.79 Å². The number of urea groups is 1. The fourth-order valence-electron chi connectivity index (χ4n) is 1.60. The summed E-state index contributed by atoms with van der Waals surface area (Å²) in [6.07, 6.45) is -0.613.